The average Bonchev–Trinajstić information content (AvgIpc) is 2.89. The zero-order chi connectivity index (χ0) is 31.8. The molecule has 13 heteroatoms. The second kappa shape index (κ2) is 11.9. The van der Waals surface area contributed by atoms with Crippen LogP contribution in [0.1, 0.15) is 66.2 Å². The highest BCUT2D eigenvalue weighted by molar-refractivity contribution is 5.92. The largest absolute Gasteiger partial charge is 0.496 e. The summed E-state index contributed by atoms with van der Waals surface area (Å²) in [5.41, 5.74) is -4.74. The number of nitrogens with zero attached hydrogens (tertiary/aromatic N) is 1. The van der Waals surface area contributed by atoms with Gasteiger partial charge in [0, 0.05) is 23.4 Å². The third-order valence-electron chi connectivity index (χ3n) is 6.47. The molecule has 3 nitrogen and oxygen atoms in total. The highest BCUT2D eigenvalue weighted by atomic mass is 19.4. The van der Waals surface area contributed by atoms with E-state index in [0.717, 1.165) is 37.4 Å². The van der Waals surface area contributed by atoms with Crippen LogP contribution in [0.2, 0.25) is 0 Å². The maximum atomic E-state index is 14.6. The molecule has 0 spiro atoms. The fraction of sp³-hybridized carbons (Fsp3) is 0.345. The summed E-state index contributed by atoms with van der Waals surface area (Å²) in [6, 6.07) is 4.27. The minimum absolute atomic E-state index is 0.0111. The second-order valence-corrected chi connectivity index (χ2v) is 9.83. The van der Waals surface area contributed by atoms with Gasteiger partial charge in [0.25, 0.3) is 0 Å². The summed E-state index contributed by atoms with van der Waals surface area (Å²) in [4.78, 5) is 3.97. The lowest BCUT2D eigenvalue weighted by molar-refractivity contribution is -0.143. The van der Waals surface area contributed by atoms with Crippen LogP contribution in [-0.4, -0.2) is 24.5 Å². The van der Waals surface area contributed by atoms with Crippen LogP contribution in [0.25, 0.3) is 11.1 Å². The molecule has 1 N–H and O–H groups in total. The van der Waals surface area contributed by atoms with Crippen molar-refractivity contribution >= 4 is 6.21 Å². The van der Waals surface area contributed by atoms with Gasteiger partial charge >= 0.3 is 18.5 Å². The number of hydrogen-bond acceptors (Lipinski definition) is 3. The quantitative estimate of drug-likeness (QED) is 0.214. The summed E-state index contributed by atoms with van der Waals surface area (Å²) in [5, 5.41) is 10.6. The summed E-state index contributed by atoms with van der Waals surface area (Å²) < 4.78 is 140. The molecule has 228 valence electrons. The third-order valence-corrected chi connectivity index (χ3v) is 6.47. The molecule has 0 aromatic heterocycles. The van der Waals surface area contributed by atoms with Crippen LogP contribution in [0, 0.1) is 5.82 Å². The molecule has 3 rings (SSSR count). The predicted octanol–water partition coefficient (Wildman–Crippen LogP) is 9.22. The van der Waals surface area contributed by atoms with Crippen LogP contribution in [0.5, 0.6) is 5.75 Å². The molecule has 0 radical (unpaired) electrons. The molecule has 42 heavy (non-hydrogen) atoms. The molecule has 2 atom stereocenters. The molecule has 0 saturated carbocycles. The smallest absolute Gasteiger partial charge is 0.416 e. The average molecular weight is 610 g/mol. The monoisotopic (exact) mass is 609 g/mol. The topological polar surface area (TPSA) is 41.8 Å². The summed E-state index contributed by atoms with van der Waals surface area (Å²) >= 11 is 0. The first-order chi connectivity index (χ1) is 19.2. The number of ether oxygens (including phenoxy) is 1. The van der Waals surface area contributed by atoms with Crippen molar-refractivity contribution < 1.29 is 53.7 Å². The van der Waals surface area contributed by atoms with Crippen LogP contribution in [0.15, 0.2) is 53.5 Å². The minimum atomic E-state index is -5.15. The van der Waals surface area contributed by atoms with Gasteiger partial charge in [0.2, 0.25) is 0 Å². The molecule has 0 saturated heterocycles. The van der Waals surface area contributed by atoms with Crippen LogP contribution >= 0.6 is 0 Å². The van der Waals surface area contributed by atoms with Crippen molar-refractivity contribution in [3.8, 4) is 16.9 Å². The lowest BCUT2D eigenvalue weighted by atomic mass is 9.92. The second-order valence-electron chi connectivity index (χ2n) is 9.83. The Morgan fingerprint density at radius 2 is 1.29 bits per heavy atom. The lowest BCUT2D eigenvalue weighted by Crippen LogP contribution is -2.17. The van der Waals surface area contributed by atoms with Crippen molar-refractivity contribution in [3.05, 3.63) is 87.7 Å². The molecule has 3 aromatic carbocycles. The summed E-state index contributed by atoms with van der Waals surface area (Å²) in [6.45, 7) is 4.56. The standard InChI is InChI=1S/C29H25F10NO2/c1-14(2)22-11-23(25(42-4)12-24(22)30)21-6-5-18(27(31,32)33)9-17(21)13-40-15(3)26(41)16-7-19(28(34,35)36)10-20(8-16)29(37,38)39/h5-15,26,41H,1-4H3. The van der Waals surface area contributed by atoms with Crippen molar-refractivity contribution in [2.75, 3.05) is 7.11 Å². The van der Waals surface area contributed by atoms with E-state index < -0.39 is 58.7 Å². The van der Waals surface area contributed by atoms with Gasteiger partial charge in [-0.25, -0.2) is 4.39 Å². The number of halogens is 10. The number of hydrogen-bond donors (Lipinski definition) is 1. The van der Waals surface area contributed by atoms with Gasteiger partial charge < -0.3 is 9.84 Å². The first kappa shape index (κ1) is 32.9. The Balaban J connectivity index is 2.13. The van der Waals surface area contributed by atoms with Crippen LogP contribution < -0.4 is 4.74 Å². The minimum Gasteiger partial charge on any atom is -0.496 e. The molecule has 0 heterocycles. The van der Waals surface area contributed by atoms with Gasteiger partial charge in [-0.15, -0.1) is 0 Å². The van der Waals surface area contributed by atoms with Crippen LogP contribution in [0.4, 0.5) is 43.9 Å². The fourth-order valence-electron chi connectivity index (χ4n) is 4.19. The molecule has 0 aliphatic heterocycles. The predicted molar refractivity (Wildman–Crippen MR) is 136 cm³/mol. The van der Waals surface area contributed by atoms with Crippen LogP contribution in [0.3, 0.4) is 0 Å². The van der Waals surface area contributed by atoms with Gasteiger partial charge in [-0.1, -0.05) is 19.9 Å². The van der Waals surface area contributed by atoms with Crippen molar-refractivity contribution in [3.63, 3.8) is 0 Å². The number of aliphatic imine (C=N–C) groups is 1. The van der Waals surface area contributed by atoms with E-state index in [-0.39, 0.29) is 40.0 Å². The van der Waals surface area contributed by atoms with E-state index >= 15 is 0 Å². The number of alkyl halides is 9. The summed E-state index contributed by atoms with van der Waals surface area (Å²) in [5.74, 6) is -0.933. The number of rotatable bonds is 7. The number of aliphatic hydroxyl groups is 1. The van der Waals surface area contributed by atoms with Crippen molar-refractivity contribution in [1.82, 2.24) is 0 Å². The number of benzene rings is 3. The van der Waals surface area contributed by atoms with Gasteiger partial charge in [-0.2, -0.15) is 39.5 Å². The van der Waals surface area contributed by atoms with Crippen molar-refractivity contribution in [2.45, 2.75) is 57.4 Å². The molecule has 3 aromatic rings. The first-order valence-corrected chi connectivity index (χ1v) is 12.3. The Morgan fingerprint density at radius 1 is 0.738 bits per heavy atom. The Hall–Kier alpha value is -3.61. The molecule has 0 aliphatic rings. The zero-order valence-electron chi connectivity index (χ0n) is 22.5. The van der Waals surface area contributed by atoms with Crippen LogP contribution in [-0.2, 0) is 18.5 Å². The number of aliphatic hydroxyl groups excluding tert-OH is 1. The van der Waals surface area contributed by atoms with E-state index in [0.29, 0.717) is 12.1 Å². The fourth-order valence-corrected chi connectivity index (χ4v) is 4.19. The highest BCUT2D eigenvalue weighted by Gasteiger charge is 2.38. The van der Waals surface area contributed by atoms with Gasteiger partial charge in [0.05, 0.1) is 29.8 Å². The van der Waals surface area contributed by atoms with Crippen molar-refractivity contribution in [1.29, 1.82) is 0 Å². The number of methoxy groups -OCH3 is 1. The molecular formula is C29H25F10NO2. The highest BCUT2D eigenvalue weighted by Crippen LogP contribution is 2.40. The Bertz CT molecular complexity index is 1420. The van der Waals surface area contributed by atoms with Gasteiger partial charge in [-0.3, -0.25) is 4.99 Å². The Labute approximate surface area is 234 Å². The van der Waals surface area contributed by atoms with E-state index in [1.807, 2.05) is 0 Å². The molecule has 0 amide bonds. The first-order valence-electron chi connectivity index (χ1n) is 12.3. The molecule has 0 fully saturated rings. The zero-order valence-corrected chi connectivity index (χ0v) is 22.5. The molecule has 0 aliphatic carbocycles. The maximum absolute atomic E-state index is 14.6. The summed E-state index contributed by atoms with van der Waals surface area (Å²) in [7, 11) is 1.23. The van der Waals surface area contributed by atoms with Gasteiger partial charge in [0.1, 0.15) is 17.7 Å². The van der Waals surface area contributed by atoms with Gasteiger partial charge in [0.15, 0.2) is 0 Å². The Kier molecular flexibility index (Phi) is 9.35. The normalized spacial score (nSPS) is 14.5. The lowest BCUT2D eigenvalue weighted by Gasteiger charge is -2.20. The SMILES string of the molecule is COc1cc(F)c(C(C)C)cc1-c1ccc(C(F)(F)F)cc1C=NC(C)C(O)c1cc(C(F)(F)F)cc(C(F)(F)F)c1. The van der Waals surface area contributed by atoms with E-state index in [4.69, 9.17) is 4.74 Å². The van der Waals surface area contributed by atoms with Crippen molar-refractivity contribution in [2.24, 2.45) is 4.99 Å². The van der Waals surface area contributed by atoms with E-state index in [1.165, 1.54) is 13.2 Å². The van der Waals surface area contributed by atoms with Gasteiger partial charge in [-0.05, 0) is 65.9 Å². The van der Waals surface area contributed by atoms with E-state index in [9.17, 15) is 49.0 Å². The maximum Gasteiger partial charge on any atom is 0.416 e. The Morgan fingerprint density at radius 3 is 1.76 bits per heavy atom. The summed E-state index contributed by atoms with van der Waals surface area (Å²) in [6.07, 6.45) is -16.2. The molecule has 0 bridgehead atoms. The molecule has 2 unspecified atom stereocenters. The van der Waals surface area contributed by atoms with E-state index in [1.54, 1.807) is 13.8 Å². The molecular weight excluding hydrogens is 584 g/mol. The third kappa shape index (κ3) is 7.42. The van der Waals surface area contributed by atoms with E-state index in [2.05, 4.69) is 4.99 Å².